The summed E-state index contributed by atoms with van der Waals surface area (Å²) in [5, 5.41) is 42.6. The molecule has 3 aromatic carbocycles. The zero-order valence-corrected chi connectivity index (χ0v) is 16.4. The minimum atomic E-state index is -1.54. The van der Waals surface area contributed by atoms with E-state index in [1.165, 1.54) is 12.1 Å². The van der Waals surface area contributed by atoms with Gasteiger partial charge in [-0.1, -0.05) is 30.3 Å². The standard InChI is InChI=1S/C20H16BN5O6/c27-20(22-11-12-4-6-14(7-5-12)21(28)29)13-2-1-3-15(10-13)23-16-8-9-17(26(30)31)19-18(16)24-32-25-19/h1-10,23,28-29H,11H2,(H,22,27). The third kappa shape index (κ3) is 4.40. The number of non-ortho nitro benzene ring substituents is 1. The van der Waals surface area contributed by atoms with Crippen molar-refractivity contribution in [1.82, 2.24) is 15.6 Å². The van der Waals surface area contributed by atoms with Gasteiger partial charge in [0.1, 0.15) is 0 Å². The zero-order valence-electron chi connectivity index (χ0n) is 16.4. The van der Waals surface area contributed by atoms with Crippen LogP contribution >= 0.6 is 0 Å². The number of benzene rings is 3. The summed E-state index contributed by atoms with van der Waals surface area (Å²) in [6.07, 6.45) is 0. The molecule has 0 bridgehead atoms. The van der Waals surface area contributed by atoms with E-state index in [4.69, 9.17) is 10.0 Å². The quantitative estimate of drug-likeness (QED) is 0.192. The Balaban J connectivity index is 1.47. The first kappa shape index (κ1) is 21.0. The number of nitro groups is 1. The maximum absolute atomic E-state index is 12.6. The maximum Gasteiger partial charge on any atom is 0.488 e. The number of rotatable bonds is 7. The van der Waals surface area contributed by atoms with Crippen LogP contribution in [0.25, 0.3) is 11.0 Å². The monoisotopic (exact) mass is 433 g/mol. The average Bonchev–Trinajstić information content (AvgIpc) is 3.28. The molecule has 4 rings (SSSR count). The van der Waals surface area contributed by atoms with Gasteiger partial charge in [0.25, 0.3) is 5.91 Å². The summed E-state index contributed by atoms with van der Waals surface area (Å²) in [6.45, 7) is 0.256. The predicted octanol–water partition coefficient (Wildman–Crippen LogP) is 1.48. The number of carbonyl (C=O) groups excluding carboxylic acids is 1. The van der Waals surface area contributed by atoms with Crippen LogP contribution < -0.4 is 16.1 Å². The lowest BCUT2D eigenvalue weighted by molar-refractivity contribution is -0.383. The minimum absolute atomic E-state index is 0.0219. The molecule has 0 spiro atoms. The highest BCUT2D eigenvalue weighted by Crippen LogP contribution is 2.30. The summed E-state index contributed by atoms with van der Waals surface area (Å²) < 4.78 is 4.65. The molecule has 1 aromatic heterocycles. The van der Waals surface area contributed by atoms with Crippen LogP contribution in [0, 0.1) is 10.1 Å². The van der Waals surface area contributed by atoms with Gasteiger partial charge in [-0.25, -0.2) is 4.63 Å². The van der Waals surface area contributed by atoms with Gasteiger partial charge in [-0.05, 0) is 45.6 Å². The van der Waals surface area contributed by atoms with Crippen molar-refractivity contribution in [3.05, 3.63) is 81.9 Å². The van der Waals surface area contributed by atoms with E-state index in [1.54, 1.807) is 48.5 Å². The van der Waals surface area contributed by atoms with Crippen LogP contribution in [0.5, 0.6) is 0 Å². The van der Waals surface area contributed by atoms with Crippen LogP contribution in [0.15, 0.2) is 65.3 Å². The van der Waals surface area contributed by atoms with E-state index in [1.807, 2.05) is 0 Å². The molecule has 4 aromatic rings. The van der Waals surface area contributed by atoms with E-state index in [0.717, 1.165) is 5.56 Å². The summed E-state index contributed by atoms with van der Waals surface area (Å²) in [4.78, 5) is 23.1. The Morgan fingerprint density at radius 3 is 2.53 bits per heavy atom. The second-order valence-corrected chi connectivity index (χ2v) is 6.85. The van der Waals surface area contributed by atoms with Gasteiger partial charge in [0, 0.05) is 23.9 Å². The molecule has 0 saturated carbocycles. The second kappa shape index (κ2) is 8.84. The number of aromatic nitrogens is 2. The van der Waals surface area contributed by atoms with Gasteiger partial charge in [0.2, 0.25) is 5.52 Å². The van der Waals surface area contributed by atoms with Crippen molar-refractivity contribution in [3.63, 3.8) is 0 Å². The van der Waals surface area contributed by atoms with Gasteiger partial charge in [-0.3, -0.25) is 14.9 Å². The number of carbonyl (C=O) groups is 1. The lowest BCUT2D eigenvalue weighted by Crippen LogP contribution is -2.29. The summed E-state index contributed by atoms with van der Waals surface area (Å²) in [5.41, 5.74) is 2.56. The molecule has 0 aliphatic carbocycles. The number of nitrogens with one attached hydrogen (secondary N) is 2. The van der Waals surface area contributed by atoms with Crippen molar-refractivity contribution in [2.75, 3.05) is 5.32 Å². The summed E-state index contributed by atoms with van der Waals surface area (Å²) in [6, 6.07) is 16.0. The van der Waals surface area contributed by atoms with Crippen LogP contribution in [-0.4, -0.2) is 38.3 Å². The molecule has 0 unspecified atom stereocenters. The van der Waals surface area contributed by atoms with Gasteiger partial charge in [0.15, 0.2) is 5.52 Å². The normalized spacial score (nSPS) is 10.7. The molecule has 4 N–H and O–H groups in total. The molecule has 0 saturated heterocycles. The van der Waals surface area contributed by atoms with Crippen LogP contribution in [0.4, 0.5) is 17.1 Å². The Kier molecular flexibility index (Phi) is 5.79. The van der Waals surface area contributed by atoms with E-state index in [2.05, 4.69) is 25.6 Å². The molecule has 0 fully saturated rings. The van der Waals surface area contributed by atoms with Crippen molar-refractivity contribution >= 4 is 46.6 Å². The van der Waals surface area contributed by atoms with E-state index in [-0.39, 0.29) is 29.2 Å². The maximum atomic E-state index is 12.6. The summed E-state index contributed by atoms with van der Waals surface area (Å²) in [7, 11) is -1.54. The fraction of sp³-hybridized carbons (Fsp3) is 0.0500. The van der Waals surface area contributed by atoms with Crippen molar-refractivity contribution in [1.29, 1.82) is 0 Å². The van der Waals surface area contributed by atoms with Crippen LogP contribution in [-0.2, 0) is 6.54 Å². The molecule has 1 amide bonds. The largest absolute Gasteiger partial charge is 0.488 e. The highest BCUT2D eigenvalue weighted by atomic mass is 16.6. The molecule has 1 heterocycles. The molecule has 0 radical (unpaired) electrons. The van der Waals surface area contributed by atoms with Gasteiger partial charge in [0.05, 0.1) is 10.6 Å². The zero-order chi connectivity index (χ0) is 22.7. The SMILES string of the molecule is O=C(NCc1ccc(B(O)O)cc1)c1cccc(Nc2ccc([N+](=O)[O-])c3nonc23)c1. The summed E-state index contributed by atoms with van der Waals surface area (Å²) >= 11 is 0. The average molecular weight is 433 g/mol. The topological polar surface area (TPSA) is 164 Å². The van der Waals surface area contributed by atoms with Crippen molar-refractivity contribution in [2.45, 2.75) is 6.54 Å². The number of fused-ring (bicyclic) bond motifs is 1. The second-order valence-electron chi connectivity index (χ2n) is 6.85. The van der Waals surface area contributed by atoms with Crippen LogP contribution in [0.2, 0.25) is 0 Å². The fourth-order valence-electron chi connectivity index (χ4n) is 3.09. The fourth-order valence-corrected chi connectivity index (χ4v) is 3.09. The van der Waals surface area contributed by atoms with Gasteiger partial charge in [-0.15, -0.1) is 0 Å². The molecule has 11 nitrogen and oxygen atoms in total. The first-order valence-corrected chi connectivity index (χ1v) is 9.42. The highest BCUT2D eigenvalue weighted by molar-refractivity contribution is 6.58. The molecule has 0 aliphatic heterocycles. The number of nitrogens with zero attached hydrogens (tertiary/aromatic N) is 3. The van der Waals surface area contributed by atoms with Crippen molar-refractivity contribution < 1.29 is 24.4 Å². The highest BCUT2D eigenvalue weighted by Gasteiger charge is 2.20. The number of anilines is 2. The van der Waals surface area contributed by atoms with Gasteiger partial charge in [-0.2, -0.15) is 0 Å². The number of hydrogen-bond donors (Lipinski definition) is 4. The van der Waals surface area contributed by atoms with E-state index < -0.39 is 12.0 Å². The Morgan fingerprint density at radius 2 is 1.81 bits per heavy atom. The first-order chi connectivity index (χ1) is 15.4. The molecular weight excluding hydrogens is 417 g/mol. The Morgan fingerprint density at radius 1 is 1.06 bits per heavy atom. The van der Waals surface area contributed by atoms with Gasteiger partial charge < -0.3 is 20.7 Å². The first-order valence-electron chi connectivity index (χ1n) is 9.42. The van der Waals surface area contributed by atoms with Crippen molar-refractivity contribution in [2.24, 2.45) is 0 Å². The third-order valence-corrected chi connectivity index (χ3v) is 4.73. The van der Waals surface area contributed by atoms with Crippen LogP contribution in [0.3, 0.4) is 0 Å². The Labute approximate surface area is 180 Å². The van der Waals surface area contributed by atoms with E-state index >= 15 is 0 Å². The van der Waals surface area contributed by atoms with E-state index in [0.29, 0.717) is 22.4 Å². The molecule has 160 valence electrons. The molecular formula is C20H16BN5O6. The van der Waals surface area contributed by atoms with Crippen LogP contribution in [0.1, 0.15) is 15.9 Å². The molecule has 0 atom stereocenters. The minimum Gasteiger partial charge on any atom is -0.423 e. The predicted molar refractivity (Wildman–Crippen MR) is 116 cm³/mol. The Bertz CT molecular complexity index is 1290. The molecule has 12 heteroatoms. The molecule has 32 heavy (non-hydrogen) atoms. The smallest absolute Gasteiger partial charge is 0.423 e. The molecule has 0 aliphatic rings. The number of hydrogen-bond acceptors (Lipinski definition) is 9. The number of amides is 1. The third-order valence-electron chi connectivity index (χ3n) is 4.73. The lowest BCUT2D eigenvalue weighted by Gasteiger charge is -2.10. The van der Waals surface area contributed by atoms with E-state index in [9.17, 15) is 14.9 Å². The number of nitro benzene ring substituents is 1. The summed E-state index contributed by atoms with van der Waals surface area (Å²) in [5.74, 6) is -0.308. The lowest BCUT2D eigenvalue weighted by atomic mass is 9.80. The Hall–Kier alpha value is -4.29. The van der Waals surface area contributed by atoms with Crippen molar-refractivity contribution in [3.8, 4) is 0 Å². The van der Waals surface area contributed by atoms with Gasteiger partial charge >= 0.3 is 12.8 Å².